The fourth-order valence-corrected chi connectivity index (χ4v) is 2.25. The Morgan fingerprint density at radius 3 is 2.88 bits per heavy atom. The van der Waals surface area contributed by atoms with Crippen LogP contribution in [0.3, 0.4) is 0 Å². The van der Waals surface area contributed by atoms with Crippen molar-refractivity contribution in [3.05, 3.63) is 11.9 Å². The summed E-state index contributed by atoms with van der Waals surface area (Å²) in [5.74, 6) is 2.30. The molecule has 0 saturated carbocycles. The standard InChI is InChI=1S/C13H25N3S/c1-4-5-9-16-11-12(2)15-13(16)14-8-6-7-10-17-3/h11H,4-10H2,1-3H3,(H,14,15). The van der Waals surface area contributed by atoms with Crippen LogP contribution in [0.25, 0.3) is 0 Å². The van der Waals surface area contributed by atoms with Gasteiger partial charge in [0.25, 0.3) is 0 Å². The van der Waals surface area contributed by atoms with E-state index in [0.29, 0.717) is 0 Å². The molecule has 1 N–H and O–H groups in total. The zero-order valence-corrected chi connectivity index (χ0v) is 12.1. The van der Waals surface area contributed by atoms with Crippen LogP contribution in [-0.2, 0) is 6.54 Å². The second-order valence-electron chi connectivity index (χ2n) is 4.38. The first-order valence-corrected chi connectivity index (χ1v) is 7.94. The van der Waals surface area contributed by atoms with Crippen molar-refractivity contribution in [2.75, 3.05) is 23.9 Å². The van der Waals surface area contributed by atoms with E-state index in [4.69, 9.17) is 0 Å². The van der Waals surface area contributed by atoms with E-state index >= 15 is 0 Å². The van der Waals surface area contributed by atoms with Crippen LogP contribution in [0.4, 0.5) is 5.95 Å². The molecule has 0 radical (unpaired) electrons. The lowest BCUT2D eigenvalue weighted by Gasteiger charge is -2.08. The molecule has 1 aromatic rings. The highest BCUT2D eigenvalue weighted by atomic mass is 32.2. The first-order valence-electron chi connectivity index (χ1n) is 6.54. The van der Waals surface area contributed by atoms with Crippen LogP contribution >= 0.6 is 11.8 Å². The molecule has 1 rings (SSSR count). The SMILES string of the molecule is CCCCn1cc(C)nc1NCCCCSC. The van der Waals surface area contributed by atoms with Gasteiger partial charge >= 0.3 is 0 Å². The van der Waals surface area contributed by atoms with Crippen LogP contribution in [0.2, 0.25) is 0 Å². The Morgan fingerprint density at radius 1 is 1.35 bits per heavy atom. The lowest BCUT2D eigenvalue weighted by Crippen LogP contribution is -2.09. The largest absolute Gasteiger partial charge is 0.356 e. The second-order valence-corrected chi connectivity index (χ2v) is 5.37. The first kappa shape index (κ1) is 14.4. The summed E-state index contributed by atoms with van der Waals surface area (Å²) in [4.78, 5) is 4.53. The number of thioether (sulfide) groups is 1. The third-order valence-corrected chi connectivity index (χ3v) is 3.40. The molecule has 1 aromatic heterocycles. The number of aromatic nitrogens is 2. The smallest absolute Gasteiger partial charge is 0.203 e. The van der Waals surface area contributed by atoms with E-state index in [2.05, 4.69) is 41.2 Å². The summed E-state index contributed by atoms with van der Waals surface area (Å²) in [5.41, 5.74) is 1.10. The zero-order chi connectivity index (χ0) is 12.5. The van der Waals surface area contributed by atoms with Crippen molar-refractivity contribution >= 4 is 17.7 Å². The van der Waals surface area contributed by atoms with Crippen LogP contribution in [0.1, 0.15) is 38.3 Å². The quantitative estimate of drug-likeness (QED) is 0.684. The molecule has 0 bridgehead atoms. The van der Waals surface area contributed by atoms with E-state index in [9.17, 15) is 0 Å². The van der Waals surface area contributed by atoms with Crippen LogP contribution < -0.4 is 5.32 Å². The minimum Gasteiger partial charge on any atom is -0.356 e. The highest BCUT2D eigenvalue weighted by molar-refractivity contribution is 7.98. The Morgan fingerprint density at radius 2 is 2.18 bits per heavy atom. The lowest BCUT2D eigenvalue weighted by atomic mass is 10.3. The molecule has 98 valence electrons. The number of unbranched alkanes of at least 4 members (excludes halogenated alkanes) is 2. The first-order chi connectivity index (χ1) is 8.27. The summed E-state index contributed by atoms with van der Waals surface area (Å²) in [6, 6.07) is 0. The van der Waals surface area contributed by atoms with Gasteiger partial charge in [-0.15, -0.1) is 0 Å². The van der Waals surface area contributed by atoms with Gasteiger partial charge in [0.1, 0.15) is 0 Å². The van der Waals surface area contributed by atoms with Crippen molar-refractivity contribution in [2.45, 2.75) is 46.1 Å². The van der Waals surface area contributed by atoms with Gasteiger partial charge in [-0.2, -0.15) is 11.8 Å². The molecule has 0 amide bonds. The minimum absolute atomic E-state index is 1.03. The molecule has 0 aliphatic rings. The maximum absolute atomic E-state index is 4.53. The normalized spacial score (nSPS) is 10.8. The predicted molar refractivity (Wildman–Crippen MR) is 78.0 cm³/mol. The number of aryl methyl sites for hydroxylation is 2. The maximum Gasteiger partial charge on any atom is 0.203 e. The summed E-state index contributed by atoms with van der Waals surface area (Å²) in [6.45, 7) is 6.38. The van der Waals surface area contributed by atoms with Gasteiger partial charge in [0.2, 0.25) is 5.95 Å². The van der Waals surface area contributed by atoms with E-state index in [0.717, 1.165) is 24.7 Å². The summed E-state index contributed by atoms with van der Waals surface area (Å²) in [5, 5.41) is 3.44. The molecule has 0 spiro atoms. The summed E-state index contributed by atoms with van der Waals surface area (Å²) in [7, 11) is 0. The van der Waals surface area contributed by atoms with Crippen LogP contribution in [0.15, 0.2) is 6.20 Å². The maximum atomic E-state index is 4.53. The van der Waals surface area contributed by atoms with Gasteiger partial charge in [0.05, 0.1) is 5.69 Å². The number of imidazole rings is 1. The molecule has 0 fully saturated rings. The summed E-state index contributed by atoms with van der Waals surface area (Å²) >= 11 is 1.92. The van der Waals surface area contributed by atoms with Crippen molar-refractivity contribution < 1.29 is 0 Å². The topological polar surface area (TPSA) is 29.9 Å². The molecular formula is C13H25N3S. The van der Waals surface area contributed by atoms with Crippen LogP contribution in [-0.4, -0.2) is 28.1 Å². The molecule has 0 unspecified atom stereocenters. The van der Waals surface area contributed by atoms with Crippen molar-refractivity contribution in [3.63, 3.8) is 0 Å². The van der Waals surface area contributed by atoms with E-state index in [1.165, 1.54) is 31.4 Å². The molecule has 4 heteroatoms. The van der Waals surface area contributed by atoms with Crippen LogP contribution in [0.5, 0.6) is 0 Å². The monoisotopic (exact) mass is 255 g/mol. The Balaban J connectivity index is 2.35. The minimum atomic E-state index is 1.03. The van der Waals surface area contributed by atoms with E-state index < -0.39 is 0 Å². The Bertz CT molecular complexity index is 310. The molecule has 17 heavy (non-hydrogen) atoms. The van der Waals surface area contributed by atoms with Gasteiger partial charge in [-0.1, -0.05) is 13.3 Å². The third-order valence-electron chi connectivity index (χ3n) is 2.71. The van der Waals surface area contributed by atoms with Crippen molar-refractivity contribution in [1.82, 2.24) is 9.55 Å². The molecule has 3 nitrogen and oxygen atoms in total. The van der Waals surface area contributed by atoms with E-state index in [1.807, 2.05) is 11.8 Å². The second kappa shape index (κ2) is 8.45. The fourth-order valence-electron chi connectivity index (χ4n) is 1.76. The highest BCUT2D eigenvalue weighted by Gasteiger charge is 2.03. The van der Waals surface area contributed by atoms with Crippen molar-refractivity contribution in [1.29, 1.82) is 0 Å². The Labute approximate surface area is 109 Å². The zero-order valence-electron chi connectivity index (χ0n) is 11.3. The van der Waals surface area contributed by atoms with Crippen molar-refractivity contribution in [3.8, 4) is 0 Å². The summed E-state index contributed by atoms with van der Waals surface area (Å²) in [6.07, 6.45) is 9.25. The van der Waals surface area contributed by atoms with Gasteiger partial charge in [-0.3, -0.25) is 0 Å². The van der Waals surface area contributed by atoms with Gasteiger partial charge in [-0.25, -0.2) is 4.98 Å². The molecule has 0 atom stereocenters. The van der Waals surface area contributed by atoms with Gasteiger partial charge in [-0.05, 0) is 38.2 Å². The lowest BCUT2D eigenvalue weighted by molar-refractivity contribution is 0.633. The number of nitrogens with zero attached hydrogens (tertiary/aromatic N) is 2. The number of hydrogen-bond acceptors (Lipinski definition) is 3. The number of anilines is 1. The molecule has 0 aliphatic heterocycles. The molecule has 0 saturated heterocycles. The summed E-state index contributed by atoms with van der Waals surface area (Å²) < 4.78 is 2.24. The predicted octanol–water partition coefficient (Wildman–Crippen LogP) is 3.55. The Kier molecular flexibility index (Phi) is 7.17. The number of nitrogens with one attached hydrogen (secondary N) is 1. The molecular weight excluding hydrogens is 230 g/mol. The number of rotatable bonds is 9. The van der Waals surface area contributed by atoms with Gasteiger partial charge in [0, 0.05) is 19.3 Å². The molecule has 1 heterocycles. The van der Waals surface area contributed by atoms with Crippen LogP contribution in [0, 0.1) is 6.92 Å². The average molecular weight is 255 g/mol. The molecule has 0 aliphatic carbocycles. The van der Waals surface area contributed by atoms with E-state index in [1.54, 1.807) is 0 Å². The molecule has 0 aromatic carbocycles. The van der Waals surface area contributed by atoms with Gasteiger partial charge in [0.15, 0.2) is 0 Å². The Hall–Kier alpha value is -0.640. The van der Waals surface area contributed by atoms with E-state index in [-0.39, 0.29) is 0 Å². The van der Waals surface area contributed by atoms with Gasteiger partial charge < -0.3 is 9.88 Å². The highest BCUT2D eigenvalue weighted by Crippen LogP contribution is 2.10. The fraction of sp³-hybridized carbons (Fsp3) is 0.769. The van der Waals surface area contributed by atoms with Crippen molar-refractivity contribution in [2.24, 2.45) is 0 Å². The average Bonchev–Trinajstić information content (AvgIpc) is 2.67. The number of hydrogen-bond donors (Lipinski definition) is 1. The third kappa shape index (κ3) is 5.48.